The van der Waals surface area contributed by atoms with Gasteiger partial charge in [0.1, 0.15) is 5.01 Å². The molecule has 2 amide bonds. The average Bonchev–Trinajstić information content (AvgIpc) is 3.10. The topological polar surface area (TPSA) is 80.8 Å². The average molecular weight is 391 g/mol. The number of carbonyl (C=O) groups excluding carboxylic acids is 2. The van der Waals surface area contributed by atoms with Gasteiger partial charge >= 0.3 is 12.0 Å². The number of urea groups is 1. The number of amides is 2. The first-order chi connectivity index (χ1) is 12.9. The van der Waals surface area contributed by atoms with E-state index in [-0.39, 0.29) is 18.3 Å². The number of thiazole rings is 1. The maximum atomic E-state index is 12.7. The van der Waals surface area contributed by atoms with Gasteiger partial charge in [-0.1, -0.05) is 6.07 Å². The molecule has 0 radical (unpaired) electrons. The highest BCUT2D eigenvalue weighted by atomic mass is 32.1. The highest BCUT2D eigenvalue weighted by Gasteiger charge is 2.18. The van der Waals surface area contributed by atoms with Gasteiger partial charge in [0.2, 0.25) is 0 Å². The van der Waals surface area contributed by atoms with Crippen molar-refractivity contribution in [3.05, 3.63) is 45.4 Å². The van der Waals surface area contributed by atoms with Crippen LogP contribution < -0.4 is 5.32 Å². The Morgan fingerprint density at radius 2 is 2.04 bits per heavy atom. The number of methoxy groups -OCH3 is 1. The first kappa shape index (κ1) is 20.9. The molecule has 1 aromatic carbocycles. The predicted octanol–water partition coefficient (Wildman–Crippen LogP) is 3.62. The number of aromatic nitrogens is 1. The van der Waals surface area contributed by atoms with E-state index in [0.29, 0.717) is 24.8 Å². The van der Waals surface area contributed by atoms with Crippen molar-refractivity contribution in [1.29, 1.82) is 0 Å². The first-order valence-electron chi connectivity index (χ1n) is 8.68. The summed E-state index contributed by atoms with van der Waals surface area (Å²) in [6.07, 6.45) is 0. The zero-order valence-corrected chi connectivity index (χ0v) is 16.9. The Labute approximate surface area is 163 Å². The van der Waals surface area contributed by atoms with E-state index in [2.05, 4.69) is 10.3 Å². The normalized spacial score (nSPS) is 10.5. The lowest BCUT2D eigenvalue weighted by Gasteiger charge is -2.22. The van der Waals surface area contributed by atoms with E-state index >= 15 is 0 Å². The smallest absolute Gasteiger partial charge is 0.357 e. The molecule has 1 aromatic heterocycles. The van der Waals surface area contributed by atoms with Gasteiger partial charge in [0.25, 0.3) is 0 Å². The fourth-order valence-electron chi connectivity index (χ4n) is 2.32. The number of ether oxygens (including phenoxy) is 2. The second-order valence-corrected chi connectivity index (χ2v) is 6.93. The number of esters is 1. The van der Waals surface area contributed by atoms with Gasteiger partial charge in [0.05, 0.1) is 19.8 Å². The van der Waals surface area contributed by atoms with Crippen molar-refractivity contribution in [3.8, 4) is 0 Å². The molecule has 0 fully saturated rings. The summed E-state index contributed by atoms with van der Waals surface area (Å²) in [5.74, 6) is -0.456. The molecule has 146 valence electrons. The van der Waals surface area contributed by atoms with Gasteiger partial charge in [0, 0.05) is 24.7 Å². The number of anilines is 1. The lowest BCUT2D eigenvalue weighted by atomic mass is 10.1. The summed E-state index contributed by atoms with van der Waals surface area (Å²) < 4.78 is 10.1. The molecule has 8 heteroatoms. The van der Waals surface area contributed by atoms with E-state index in [1.807, 2.05) is 32.0 Å². The van der Waals surface area contributed by atoms with Crippen LogP contribution in [0.1, 0.15) is 33.5 Å². The van der Waals surface area contributed by atoms with Gasteiger partial charge in [-0.2, -0.15) is 0 Å². The third kappa shape index (κ3) is 6.04. The van der Waals surface area contributed by atoms with Crippen molar-refractivity contribution >= 4 is 29.0 Å². The first-order valence-corrected chi connectivity index (χ1v) is 9.56. The Bertz CT molecular complexity index is 791. The molecule has 2 aromatic rings. The predicted molar refractivity (Wildman–Crippen MR) is 105 cm³/mol. The minimum absolute atomic E-state index is 0.247. The Morgan fingerprint density at radius 1 is 1.26 bits per heavy atom. The van der Waals surface area contributed by atoms with Crippen LogP contribution in [-0.4, -0.2) is 48.8 Å². The number of nitrogens with zero attached hydrogens (tertiary/aromatic N) is 2. The molecule has 0 saturated carbocycles. The van der Waals surface area contributed by atoms with E-state index in [4.69, 9.17) is 9.47 Å². The van der Waals surface area contributed by atoms with Gasteiger partial charge < -0.3 is 19.7 Å². The molecule has 7 nitrogen and oxygen atoms in total. The van der Waals surface area contributed by atoms with Crippen LogP contribution in [0.4, 0.5) is 10.5 Å². The molecule has 0 aliphatic heterocycles. The quantitative estimate of drug-likeness (QED) is 0.695. The Morgan fingerprint density at radius 3 is 2.70 bits per heavy atom. The van der Waals surface area contributed by atoms with Crippen molar-refractivity contribution in [3.63, 3.8) is 0 Å². The van der Waals surface area contributed by atoms with Crippen LogP contribution >= 0.6 is 11.3 Å². The van der Waals surface area contributed by atoms with Gasteiger partial charge in [0.15, 0.2) is 5.69 Å². The number of hydrogen-bond acceptors (Lipinski definition) is 6. The second-order valence-electron chi connectivity index (χ2n) is 5.99. The monoisotopic (exact) mass is 391 g/mol. The van der Waals surface area contributed by atoms with Crippen LogP contribution in [0.15, 0.2) is 23.6 Å². The molecule has 0 aliphatic rings. The summed E-state index contributed by atoms with van der Waals surface area (Å²) in [6.45, 7) is 7.15. The van der Waals surface area contributed by atoms with Crippen LogP contribution in [0, 0.1) is 13.8 Å². The third-order valence-electron chi connectivity index (χ3n) is 3.97. The third-order valence-corrected chi connectivity index (χ3v) is 4.81. The van der Waals surface area contributed by atoms with Crippen molar-refractivity contribution in [2.75, 3.05) is 32.2 Å². The Hall–Kier alpha value is -2.45. The number of aryl methyl sites for hydroxylation is 2. The summed E-state index contributed by atoms with van der Waals surface area (Å²) in [5, 5.41) is 5.20. The summed E-state index contributed by atoms with van der Waals surface area (Å²) >= 11 is 1.32. The molecule has 1 N–H and O–H groups in total. The van der Waals surface area contributed by atoms with Gasteiger partial charge in [-0.15, -0.1) is 11.3 Å². The summed E-state index contributed by atoms with van der Waals surface area (Å²) in [6, 6.07) is 5.53. The second kappa shape index (κ2) is 10.0. The molecule has 2 rings (SSSR count). The molecule has 0 saturated heterocycles. The van der Waals surface area contributed by atoms with Crippen molar-refractivity contribution < 1.29 is 19.1 Å². The van der Waals surface area contributed by atoms with Gasteiger partial charge in [-0.3, -0.25) is 0 Å². The molecular weight excluding hydrogens is 366 g/mol. The molecule has 0 unspecified atom stereocenters. The zero-order valence-electron chi connectivity index (χ0n) is 16.1. The largest absolute Gasteiger partial charge is 0.461 e. The number of benzene rings is 1. The molecular formula is C19H25N3O4S. The van der Waals surface area contributed by atoms with Crippen LogP contribution in [0.25, 0.3) is 0 Å². The SMILES string of the molecule is CCOC(=O)c1csc(CN(CCOC)C(=O)Nc2ccc(C)c(C)c2)n1. The lowest BCUT2D eigenvalue weighted by molar-refractivity contribution is 0.0520. The minimum atomic E-state index is -0.456. The Kier molecular flexibility index (Phi) is 7.75. The van der Waals surface area contributed by atoms with Crippen LogP contribution in [-0.2, 0) is 16.0 Å². The molecule has 1 heterocycles. The zero-order chi connectivity index (χ0) is 19.8. The standard InChI is InChI=1S/C19H25N3O4S/c1-5-26-18(23)16-12-27-17(21-16)11-22(8-9-25-4)19(24)20-15-7-6-13(2)14(3)10-15/h6-7,10,12H,5,8-9,11H2,1-4H3,(H,20,24). The fourth-order valence-corrected chi connectivity index (χ4v) is 3.10. The van der Waals surface area contributed by atoms with Crippen molar-refractivity contribution in [1.82, 2.24) is 9.88 Å². The van der Waals surface area contributed by atoms with Crippen molar-refractivity contribution in [2.24, 2.45) is 0 Å². The molecule has 0 spiro atoms. The van der Waals surface area contributed by atoms with Gasteiger partial charge in [-0.25, -0.2) is 14.6 Å². The van der Waals surface area contributed by atoms with E-state index in [9.17, 15) is 9.59 Å². The maximum Gasteiger partial charge on any atom is 0.357 e. The van der Waals surface area contributed by atoms with E-state index in [1.54, 1.807) is 24.3 Å². The molecule has 27 heavy (non-hydrogen) atoms. The summed E-state index contributed by atoms with van der Waals surface area (Å²) in [4.78, 5) is 30.3. The highest BCUT2D eigenvalue weighted by molar-refractivity contribution is 7.09. The number of nitrogens with one attached hydrogen (secondary N) is 1. The van der Waals surface area contributed by atoms with Crippen LogP contribution in [0.3, 0.4) is 0 Å². The van der Waals surface area contributed by atoms with Gasteiger partial charge in [-0.05, 0) is 44.0 Å². The van der Waals surface area contributed by atoms with E-state index in [1.165, 1.54) is 16.9 Å². The summed E-state index contributed by atoms with van der Waals surface area (Å²) in [5.41, 5.74) is 3.27. The minimum Gasteiger partial charge on any atom is -0.461 e. The van der Waals surface area contributed by atoms with Crippen LogP contribution in [0.5, 0.6) is 0 Å². The molecule has 0 aliphatic carbocycles. The number of carbonyl (C=O) groups is 2. The Balaban J connectivity index is 2.08. The van der Waals surface area contributed by atoms with Crippen molar-refractivity contribution in [2.45, 2.75) is 27.3 Å². The molecule has 0 bridgehead atoms. The fraction of sp³-hybridized carbons (Fsp3) is 0.421. The van der Waals surface area contributed by atoms with E-state index in [0.717, 1.165) is 11.3 Å². The molecule has 0 atom stereocenters. The summed E-state index contributed by atoms with van der Waals surface area (Å²) in [7, 11) is 1.58. The maximum absolute atomic E-state index is 12.7. The highest BCUT2D eigenvalue weighted by Crippen LogP contribution is 2.17. The lowest BCUT2D eigenvalue weighted by Crippen LogP contribution is -2.36. The number of hydrogen-bond donors (Lipinski definition) is 1. The number of rotatable bonds is 8. The van der Waals surface area contributed by atoms with Crippen LogP contribution in [0.2, 0.25) is 0 Å². The van der Waals surface area contributed by atoms with E-state index < -0.39 is 5.97 Å².